The fourth-order valence-electron chi connectivity index (χ4n) is 1.83. The number of nitrogens with zero attached hydrogens (tertiary/aromatic N) is 1. The number of unbranched alkanes of at least 4 members (excludes halogenated alkanes) is 1. The second kappa shape index (κ2) is 9.00. The van der Waals surface area contributed by atoms with Gasteiger partial charge in [0.1, 0.15) is 18.3 Å². The quantitative estimate of drug-likeness (QED) is 0.346. The van der Waals surface area contributed by atoms with Crippen LogP contribution < -0.4 is 0 Å². The van der Waals surface area contributed by atoms with E-state index in [-0.39, 0.29) is 11.7 Å². The number of benzene rings is 1. The monoisotopic (exact) mass is 293 g/mol. The fraction of sp³-hybridized carbons (Fsp3) is 0.500. The molecular formula is C16H23NO4. The largest absolute Gasteiger partial charge is 0.508 e. The van der Waals surface area contributed by atoms with Gasteiger partial charge in [0.2, 0.25) is 0 Å². The molecule has 0 fully saturated rings. The van der Waals surface area contributed by atoms with Crippen molar-refractivity contribution in [1.82, 2.24) is 0 Å². The van der Waals surface area contributed by atoms with Crippen LogP contribution in [-0.4, -0.2) is 30.5 Å². The number of oxime groups is 1. The van der Waals surface area contributed by atoms with Crippen LogP contribution in [0.1, 0.15) is 32.3 Å². The van der Waals surface area contributed by atoms with Crippen LogP contribution in [0.15, 0.2) is 29.4 Å². The fourth-order valence-corrected chi connectivity index (χ4v) is 1.83. The molecule has 1 aromatic carbocycles. The SMILES string of the molecule is CCCCON=C(C)C(Cc1ccc(O)cc1)C(=O)OC. The summed E-state index contributed by atoms with van der Waals surface area (Å²) in [7, 11) is 1.36. The summed E-state index contributed by atoms with van der Waals surface area (Å²) in [5.74, 6) is -0.633. The Morgan fingerprint density at radius 3 is 2.57 bits per heavy atom. The molecule has 0 heterocycles. The number of esters is 1. The number of phenols is 1. The van der Waals surface area contributed by atoms with Gasteiger partial charge in [0, 0.05) is 0 Å². The molecule has 1 atom stereocenters. The van der Waals surface area contributed by atoms with E-state index < -0.39 is 5.92 Å². The summed E-state index contributed by atoms with van der Waals surface area (Å²) >= 11 is 0. The first-order valence-electron chi connectivity index (χ1n) is 7.10. The van der Waals surface area contributed by atoms with E-state index in [0.29, 0.717) is 18.7 Å². The Balaban J connectivity index is 2.75. The van der Waals surface area contributed by atoms with Crippen LogP contribution >= 0.6 is 0 Å². The third-order valence-electron chi connectivity index (χ3n) is 3.16. The van der Waals surface area contributed by atoms with Crippen LogP contribution in [0.25, 0.3) is 0 Å². The molecule has 5 nitrogen and oxygen atoms in total. The Morgan fingerprint density at radius 2 is 2.00 bits per heavy atom. The molecule has 0 aliphatic carbocycles. The zero-order chi connectivity index (χ0) is 15.7. The molecule has 21 heavy (non-hydrogen) atoms. The number of hydrogen-bond acceptors (Lipinski definition) is 5. The van der Waals surface area contributed by atoms with Crippen molar-refractivity contribution >= 4 is 11.7 Å². The van der Waals surface area contributed by atoms with Crippen LogP contribution in [-0.2, 0) is 20.8 Å². The Morgan fingerprint density at radius 1 is 1.33 bits per heavy atom. The molecule has 116 valence electrons. The van der Waals surface area contributed by atoms with Gasteiger partial charge in [-0.05, 0) is 37.5 Å². The summed E-state index contributed by atoms with van der Waals surface area (Å²) in [5, 5.41) is 13.3. The van der Waals surface area contributed by atoms with Gasteiger partial charge >= 0.3 is 5.97 Å². The molecule has 1 rings (SSSR count). The van der Waals surface area contributed by atoms with E-state index in [1.807, 2.05) is 0 Å². The minimum absolute atomic E-state index is 0.196. The number of carbonyl (C=O) groups is 1. The number of ether oxygens (including phenoxy) is 1. The van der Waals surface area contributed by atoms with E-state index in [4.69, 9.17) is 9.57 Å². The van der Waals surface area contributed by atoms with Crippen molar-refractivity contribution in [3.05, 3.63) is 29.8 Å². The van der Waals surface area contributed by atoms with Gasteiger partial charge in [-0.1, -0.05) is 30.6 Å². The topological polar surface area (TPSA) is 68.1 Å². The van der Waals surface area contributed by atoms with Gasteiger partial charge in [-0.15, -0.1) is 0 Å². The highest BCUT2D eigenvalue weighted by atomic mass is 16.6. The van der Waals surface area contributed by atoms with Gasteiger partial charge in [0.05, 0.1) is 12.8 Å². The molecule has 1 N–H and O–H groups in total. The zero-order valence-electron chi connectivity index (χ0n) is 12.8. The molecule has 0 aromatic heterocycles. The summed E-state index contributed by atoms with van der Waals surface area (Å²) in [6, 6.07) is 6.73. The average molecular weight is 293 g/mol. The normalized spacial score (nSPS) is 12.8. The van der Waals surface area contributed by atoms with E-state index in [1.54, 1.807) is 31.2 Å². The molecule has 0 bridgehead atoms. The molecule has 0 amide bonds. The van der Waals surface area contributed by atoms with Crippen LogP contribution in [0.2, 0.25) is 0 Å². The lowest BCUT2D eigenvalue weighted by Gasteiger charge is -2.14. The molecular weight excluding hydrogens is 270 g/mol. The van der Waals surface area contributed by atoms with Crippen molar-refractivity contribution in [2.24, 2.45) is 11.1 Å². The summed E-state index contributed by atoms with van der Waals surface area (Å²) < 4.78 is 4.83. The zero-order valence-corrected chi connectivity index (χ0v) is 12.8. The van der Waals surface area contributed by atoms with Gasteiger partial charge in [-0.2, -0.15) is 0 Å². The summed E-state index contributed by atoms with van der Waals surface area (Å²) in [6.45, 7) is 4.37. The van der Waals surface area contributed by atoms with Crippen molar-refractivity contribution in [3.63, 3.8) is 0 Å². The molecule has 0 saturated carbocycles. The lowest BCUT2D eigenvalue weighted by atomic mass is 9.95. The number of rotatable bonds is 8. The maximum atomic E-state index is 11.9. The summed E-state index contributed by atoms with van der Waals surface area (Å²) in [5.41, 5.74) is 1.51. The lowest BCUT2D eigenvalue weighted by Crippen LogP contribution is -2.26. The highest BCUT2D eigenvalue weighted by Crippen LogP contribution is 2.16. The van der Waals surface area contributed by atoms with Crippen molar-refractivity contribution < 1.29 is 19.5 Å². The average Bonchev–Trinajstić information content (AvgIpc) is 2.50. The molecule has 5 heteroatoms. The van der Waals surface area contributed by atoms with E-state index in [9.17, 15) is 9.90 Å². The van der Waals surface area contributed by atoms with E-state index in [2.05, 4.69) is 12.1 Å². The highest BCUT2D eigenvalue weighted by molar-refractivity contribution is 6.00. The van der Waals surface area contributed by atoms with Crippen molar-refractivity contribution in [2.45, 2.75) is 33.1 Å². The first-order chi connectivity index (χ1) is 10.1. The smallest absolute Gasteiger partial charge is 0.314 e. The Bertz CT molecular complexity index is 468. The molecule has 1 unspecified atom stereocenters. The van der Waals surface area contributed by atoms with E-state index >= 15 is 0 Å². The molecule has 0 saturated heterocycles. The predicted octanol–water partition coefficient (Wildman–Crippen LogP) is 2.92. The van der Waals surface area contributed by atoms with E-state index in [0.717, 1.165) is 18.4 Å². The maximum absolute atomic E-state index is 11.9. The maximum Gasteiger partial charge on any atom is 0.314 e. The lowest BCUT2D eigenvalue weighted by molar-refractivity contribution is -0.143. The van der Waals surface area contributed by atoms with Crippen LogP contribution in [0.3, 0.4) is 0 Å². The third kappa shape index (κ3) is 5.85. The second-order valence-electron chi connectivity index (χ2n) is 4.87. The highest BCUT2D eigenvalue weighted by Gasteiger charge is 2.23. The van der Waals surface area contributed by atoms with Gasteiger partial charge in [-0.25, -0.2) is 0 Å². The summed E-state index contributed by atoms with van der Waals surface area (Å²) in [6.07, 6.45) is 2.42. The Hall–Kier alpha value is -2.04. The Labute approximate surface area is 125 Å². The first-order valence-corrected chi connectivity index (χ1v) is 7.10. The minimum atomic E-state index is -0.485. The molecule has 0 spiro atoms. The van der Waals surface area contributed by atoms with Crippen LogP contribution in [0.5, 0.6) is 5.75 Å². The van der Waals surface area contributed by atoms with Crippen LogP contribution in [0.4, 0.5) is 0 Å². The standard InChI is InChI=1S/C16H23NO4/c1-4-5-10-21-17-12(2)15(16(19)20-3)11-13-6-8-14(18)9-7-13/h6-9,15,18H,4-5,10-11H2,1-3H3. The van der Waals surface area contributed by atoms with Gasteiger partial charge in [-0.3, -0.25) is 4.79 Å². The number of methoxy groups -OCH3 is 1. The first kappa shape index (κ1) is 17.0. The van der Waals surface area contributed by atoms with Crippen molar-refractivity contribution in [2.75, 3.05) is 13.7 Å². The minimum Gasteiger partial charge on any atom is -0.508 e. The summed E-state index contributed by atoms with van der Waals surface area (Å²) in [4.78, 5) is 17.1. The third-order valence-corrected chi connectivity index (χ3v) is 3.16. The van der Waals surface area contributed by atoms with Gasteiger partial charge < -0.3 is 14.7 Å². The Kier molecular flexibility index (Phi) is 7.29. The van der Waals surface area contributed by atoms with Gasteiger partial charge in [0.15, 0.2) is 0 Å². The van der Waals surface area contributed by atoms with Crippen molar-refractivity contribution in [1.29, 1.82) is 0 Å². The molecule has 0 aliphatic heterocycles. The predicted molar refractivity (Wildman–Crippen MR) is 81.3 cm³/mol. The molecule has 0 radical (unpaired) electrons. The number of phenolic OH excluding ortho intramolecular Hbond substituents is 1. The van der Waals surface area contributed by atoms with Crippen LogP contribution in [0, 0.1) is 5.92 Å². The molecule has 0 aliphatic rings. The van der Waals surface area contributed by atoms with E-state index in [1.165, 1.54) is 7.11 Å². The van der Waals surface area contributed by atoms with Crippen molar-refractivity contribution in [3.8, 4) is 5.75 Å². The number of hydrogen-bond donors (Lipinski definition) is 1. The number of aromatic hydroxyl groups is 1. The van der Waals surface area contributed by atoms with Gasteiger partial charge in [0.25, 0.3) is 0 Å². The molecule has 1 aromatic rings. The second-order valence-corrected chi connectivity index (χ2v) is 4.87. The number of carbonyl (C=O) groups excluding carboxylic acids is 1.